The van der Waals surface area contributed by atoms with Crippen molar-refractivity contribution in [1.29, 1.82) is 0 Å². The second kappa shape index (κ2) is 6.39. The Morgan fingerprint density at radius 1 is 1.15 bits per heavy atom. The Kier molecular flexibility index (Phi) is 3.92. The smallest absolute Gasteiger partial charge is 0.282 e. The number of hydrogen-bond donors (Lipinski definition) is 0. The van der Waals surface area contributed by atoms with Crippen LogP contribution in [-0.4, -0.2) is 43.2 Å². The normalized spacial score (nSPS) is 14.4. The third-order valence-electron chi connectivity index (χ3n) is 3.71. The molecule has 4 rings (SSSR count). The molecular weight excluding hydrogens is 344 g/mol. The zero-order valence-electron chi connectivity index (χ0n) is 13.2. The van der Waals surface area contributed by atoms with Crippen LogP contribution in [0.25, 0.3) is 17.0 Å². The third-order valence-corrected chi connectivity index (χ3v) is 3.71. The summed E-state index contributed by atoms with van der Waals surface area (Å²) >= 11 is 0. The van der Waals surface area contributed by atoms with Gasteiger partial charge in [0.2, 0.25) is 0 Å². The first-order chi connectivity index (χ1) is 12.6. The van der Waals surface area contributed by atoms with Crippen LogP contribution in [0.2, 0.25) is 0 Å². The highest BCUT2D eigenvalue weighted by Crippen LogP contribution is 2.23. The van der Waals surface area contributed by atoms with E-state index in [1.807, 2.05) is 0 Å². The molecule has 0 unspecified atom stereocenters. The van der Waals surface area contributed by atoms with E-state index in [4.69, 9.17) is 0 Å². The summed E-state index contributed by atoms with van der Waals surface area (Å²) in [5.41, 5.74) is 0.991. The van der Waals surface area contributed by atoms with Gasteiger partial charge >= 0.3 is 0 Å². The van der Waals surface area contributed by atoms with Gasteiger partial charge in [0.15, 0.2) is 5.65 Å². The number of anilines is 1. The summed E-state index contributed by atoms with van der Waals surface area (Å²) in [7, 11) is 0. The molecule has 0 saturated heterocycles. The van der Waals surface area contributed by atoms with Crippen molar-refractivity contribution in [2.24, 2.45) is 4.99 Å². The SMILES string of the molecule is O=C1C=CN(c2cc(-c3cnc4ccc(C(F)F)nn34)ncn2)CC=N1. The number of imidazole rings is 1. The highest BCUT2D eigenvalue weighted by atomic mass is 19.3. The van der Waals surface area contributed by atoms with Crippen LogP contribution in [0.5, 0.6) is 0 Å². The molecule has 4 heterocycles. The van der Waals surface area contributed by atoms with Gasteiger partial charge in [-0.1, -0.05) is 0 Å². The van der Waals surface area contributed by atoms with Crippen LogP contribution < -0.4 is 4.90 Å². The lowest BCUT2D eigenvalue weighted by atomic mass is 10.3. The van der Waals surface area contributed by atoms with Gasteiger partial charge in [-0.2, -0.15) is 5.10 Å². The van der Waals surface area contributed by atoms with Crippen molar-refractivity contribution in [2.75, 3.05) is 11.4 Å². The molecule has 0 aliphatic carbocycles. The van der Waals surface area contributed by atoms with Gasteiger partial charge in [0.05, 0.1) is 18.4 Å². The van der Waals surface area contributed by atoms with E-state index < -0.39 is 6.43 Å². The lowest BCUT2D eigenvalue weighted by molar-refractivity contribution is -0.113. The molecule has 0 saturated carbocycles. The number of aromatic nitrogens is 5. The number of carbonyl (C=O) groups excluding carboxylic acids is 1. The number of halogens is 2. The molecule has 1 aliphatic heterocycles. The molecule has 0 bridgehead atoms. The van der Waals surface area contributed by atoms with Gasteiger partial charge in [-0.05, 0) is 12.1 Å². The zero-order chi connectivity index (χ0) is 18.1. The van der Waals surface area contributed by atoms with E-state index in [-0.39, 0.29) is 11.6 Å². The lowest BCUT2D eigenvalue weighted by Gasteiger charge is -2.16. The molecule has 26 heavy (non-hydrogen) atoms. The summed E-state index contributed by atoms with van der Waals surface area (Å²) in [4.78, 5) is 29.3. The maximum absolute atomic E-state index is 12.9. The third kappa shape index (κ3) is 2.92. The first-order valence-corrected chi connectivity index (χ1v) is 7.58. The number of carbonyl (C=O) groups is 1. The molecule has 3 aromatic rings. The van der Waals surface area contributed by atoms with Crippen molar-refractivity contribution in [3.05, 3.63) is 48.7 Å². The van der Waals surface area contributed by atoms with E-state index in [1.54, 1.807) is 17.2 Å². The second-order valence-corrected chi connectivity index (χ2v) is 5.35. The molecule has 0 radical (unpaired) electrons. The van der Waals surface area contributed by atoms with Crippen molar-refractivity contribution >= 4 is 23.6 Å². The number of rotatable bonds is 3. The molecule has 10 heteroatoms. The van der Waals surface area contributed by atoms with Gasteiger partial charge in [-0.25, -0.2) is 33.2 Å². The summed E-state index contributed by atoms with van der Waals surface area (Å²) in [6, 6.07) is 4.37. The molecule has 0 fully saturated rings. The maximum Gasteiger partial charge on any atom is 0.282 e. The molecular formula is C16H11F2N7O. The molecule has 1 aliphatic rings. The Balaban J connectivity index is 1.76. The first kappa shape index (κ1) is 15.9. The molecule has 8 nitrogen and oxygen atoms in total. The van der Waals surface area contributed by atoms with E-state index in [9.17, 15) is 13.6 Å². The van der Waals surface area contributed by atoms with Crippen LogP contribution in [0.1, 0.15) is 12.1 Å². The van der Waals surface area contributed by atoms with Crippen LogP contribution in [0, 0.1) is 0 Å². The molecule has 1 amide bonds. The van der Waals surface area contributed by atoms with E-state index >= 15 is 0 Å². The van der Waals surface area contributed by atoms with E-state index in [2.05, 4.69) is 25.0 Å². The largest absolute Gasteiger partial charge is 0.327 e. The fraction of sp³-hybridized carbons (Fsp3) is 0.125. The van der Waals surface area contributed by atoms with Crippen molar-refractivity contribution < 1.29 is 13.6 Å². The number of alkyl halides is 2. The highest BCUT2D eigenvalue weighted by molar-refractivity contribution is 5.96. The average molecular weight is 355 g/mol. The first-order valence-electron chi connectivity index (χ1n) is 7.58. The fourth-order valence-corrected chi connectivity index (χ4v) is 2.47. The Bertz CT molecular complexity index is 1040. The quantitative estimate of drug-likeness (QED) is 0.714. The zero-order valence-corrected chi connectivity index (χ0v) is 13.2. The van der Waals surface area contributed by atoms with Crippen molar-refractivity contribution in [3.63, 3.8) is 0 Å². The monoisotopic (exact) mass is 355 g/mol. The standard InChI is InChI=1S/C16H11F2N7O/c17-16(18)10-1-2-13-20-8-12(25(13)23-10)11-7-14(22-9-21-11)24-5-3-15(26)19-4-6-24/h1-5,7-9,16H,6H2. The molecule has 3 aromatic heterocycles. The molecule has 130 valence electrons. The van der Waals surface area contributed by atoms with Gasteiger partial charge in [0.25, 0.3) is 12.3 Å². The van der Waals surface area contributed by atoms with Crippen molar-refractivity contribution in [1.82, 2.24) is 24.6 Å². The lowest BCUT2D eigenvalue weighted by Crippen LogP contribution is -2.19. The van der Waals surface area contributed by atoms with Gasteiger partial charge in [-0.3, -0.25) is 4.79 Å². The van der Waals surface area contributed by atoms with E-state index in [0.29, 0.717) is 29.4 Å². The summed E-state index contributed by atoms with van der Waals surface area (Å²) in [6.07, 6.45) is 4.55. The van der Waals surface area contributed by atoms with Gasteiger partial charge in [-0.15, -0.1) is 0 Å². The molecule has 0 aromatic carbocycles. The van der Waals surface area contributed by atoms with Crippen LogP contribution >= 0.6 is 0 Å². The number of fused-ring (bicyclic) bond motifs is 1. The summed E-state index contributed by atoms with van der Waals surface area (Å²) in [6.45, 7) is 0.361. The summed E-state index contributed by atoms with van der Waals surface area (Å²) < 4.78 is 27.2. The Morgan fingerprint density at radius 3 is 2.88 bits per heavy atom. The summed E-state index contributed by atoms with van der Waals surface area (Å²) in [5.74, 6) is 0.166. The minimum absolute atomic E-state index is 0.351. The predicted octanol–water partition coefficient (Wildman–Crippen LogP) is 2.05. The number of hydrogen-bond acceptors (Lipinski definition) is 6. The second-order valence-electron chi connectivity index (χ2n) is 5.35. The minimum Gasteiger partial charge on any atom is -0.327 e. The maximum atomic E-state index is 12.9. The van der Waals surface area contributed by atoms with Crippen LogP contribution in [0.3, 0.4) is 0 Å². The molecule has 0 N–H and O–H groups in total. The number of amides is 1. The Labute approximate surface area is 145 Å². The number of aliphatic imine (C=N–C) groups is 1. The van der Waals surface area contributed by atoms with Crippen molar-refractivity contribution in [3.8, 4) is 11.4 Å². The summed E-state index contributed by atoms with van der Waals surface area (Å²) in [5, 5.41) is 3.93. The van der Waals surface area contributed by atoms with Crippen LogP contribution in [0.4, 0.5) is 14.6 Å². The van der Waals surface area contributed by atoms with Crippen molar-refractivity contribution in [2.45, 2.75) is 6.43 Å². The van der Waals surface area contributed by atoms with Gasteiger partial charge in [0.1, 0.15) is 23.5 Å². The van der Waals surface area contributed by atoms with Crippen LogP contribution in [0.15, 0.2) is 48.0 Å². The fourth-order valence-electron chi connectivity index (χ4n) is 2.47. The number of nitrogens with zero attached hydrogens (tertiary/aromatic N) is 7. The topological polar surface area (TPSA) is 88.6 Å². The average Bonchev–Trinajstić information content (AvgIpc) is 2.95. The van der Waals surface area contributed by atoms with Gasteiger partial charge in [0, 0.05) is 24.6 Å². The molecule has 0 atom stereocenters. The van der Waals surface area contributed by atoms with E-state index in [1.165, 1.54) is 41.5 Å². The Morgan fingerprint density at radius 2 is 2.04 bits per heavy atom. The minimum atomic E-state index is -2.69. The predicted molar refractivity (Wildman–Crippen MR) is 89.0 cm³/mol. The molecule has 0 spiro atoms. The van der Waals surface area contributed by atoms with Gasteiger partial charge < -0.3 is 4.90 Å². The van der Waals surface area contributed by atoms with E-state index in [0.717, 1.165) is 0 Å². The highest BCUT2D eigenvalue weighted by Gasteiger charge is 2.15. The van der Waals surface area contributed by atoms with Crippen LogP contribution in [-0.2, 0) is 4.79 Å². The Hall–Kier alpha value is -3.56.